The quantitative estimate of drug-likeness (QED) is 0.539. The summed E-state index contributed by atoms with van der Waals surface area (Å²) in [5.41, 5.74) is 0.443. The highest BCUT2D eigenvalue weighted by Gasteiger charge is 2.17. The Bertz CT molecular complexity index is 840. The summed E-state index contributed by atoms with van der Waals surface area (Å²) in [6.07, 6.45) is 3.15. The lowest BCUT2D eigenvalue weighted by Gasteiger charge is -2.10. The second-order valence-electron chi connectivity index (χ2n) is 4.14. The van der Waals surface area contributed by atoms with E-state index in [1.54, 1.807) is 31.6 Å². The van der Waals surface area contributed by atoms with Gasteiger partial charge < -0.3 is 18.3 Å². The van der Waals surface area contributed by atoms with Crippen LogP contribution in [0.4, 0.5) is 0 Å². The van der Waals surface area contributed by atoms with Gasteiger partial charge in [-0.3, -0.25) is 0 Å². The molecule has 5 nitrogen and oxygen atoms in total. The summed E-state index contributed by atoms with van der Waals surface area (Å²) >= 11 is 0. The highest BCUT2D eigenvalue weighted by Crippen LogP contribution is 2.39. The zero-order chi connectivity index (χ0) is 14.1. The second kappa shape index (κ2) is 4.77. The van der Waals surface area contributed by atoms with Crippen molar-refractivity contribution in [3.8, 4) is 11.5 Å². The Labute approximate surface area is 114 Å². The first-order valence-corrected chi connectivity index (χ1v) is 6.00. The minimum atomic E-state index is -0.496. The van der Waals surface area contributed by atoms with Crippen LogP contribution < -0.4 is 15.1 Å². The summed E-state index contributed by atoms with van der Waals surface area (Å²) in [5.74, 6) is 0.949. The van der Waals surface area contributed by atoms with Gasteiger partial charge in [0.15, 0.2) is 0 Å². The monoisotopic (exact) mass is 272 g/mol. The molecule has 0 saturated carbocycles. The van der Waals surface area contributed by atoms with Crippen LogP contribution in [0.2, 0.25) is 0 Å². The fraction of sp³-hybridized carbons (Fsp3) is 0.133. The van der Waals surface area contributed by atoms with Crippen molar-refractivity contribution in [1.29, 1.82) is 0 Å². The first-order chi connectivity index (χ1) is 9.74. The fourth-order valence-corrected chi connectivity index (χ4v) is 2.16. The predicted octanol–water partition coefficient (Wildman–Crippen LogP) is 3.11. The molecule has 20 heavy (non-hydrogen) atoms. The smallest absolute Gasteiger partial charge is 0.339 e. The van der Waals surface area contributed by atoms with Crippen molar-refractivity contribution < 1.29 is 18.3 Å². The molecule has 0 saturated heterocycles. The van der Waals surface area contributed by atoms with E-state index in [1.165, 1.54) is 6.07 Å². The number of ether oxygens (including phenoxy) is 2. The van der Waals surface area contributed by atoms with Gasteiger partial charge in [-0.1, -0.05) is 12.7 Å². The summed E-state index contributed by atoms with van der Waals surface area (Å²) < 4.78 is 21.5. The predicted molar refractivity (Wildman–Crippen MR) is 74.5 cm³/mol. The van der Waals surface area contributed by atoms with E-state index in [0.29, 0.717) is 28.1 Å². The normalized spacial score (nSPS) is 10.8. The number of methoxy groups -OCH3 is 1. The van der Waals surface area contributed by atoms with Crippen molar-refractivity contribution in [3.05, 3.63) is 47.5 Å². The Morgan fingerprint density at radius 3 is 2.95 bits per heavy atom. The molecule has 5 heteroatoms. The molecule has 3 rings (SSSR count). The molecule has 1 aromatic carbocycles. The SMILES string of the molecule is C=CCOc1cc(=O)oc2cc3occc3c(OC)c12. The molecule has 0 aliphatic heterocycles. The van der Waals surface area contributed by atoms with Gasteiger partial charge in [-0.25, -0.2) is 4.79 Å². The van der Waals surface area contributed by atoms with Crippen LogP contribution in [0.5, 0.6) is 11.5 Å². The summed E-state index contributed by atoms with van der Waals surface area (Å²) in [6.45, 7) is 3.87. The highest BCUT2D eigenvalue weighted by atomic mass is 16.5. The lowest BCUT2D eigenvalue weighted by atomic mass is 10.1. The lowest BCUT2D eigenvalue weighted by Crippen LogP contribution is -2.02. The summed E-state index contributed by atoms with van der Waals surface area (Å²) in [5, 5.41) is 1.39. The van der Waals surface area contributed by atoms with E-state index in [0.717, 1.165) is 5.39 Å². The maximum Gasteiger partial charge on any atom is 0.339 e. The number of hydrogen-bond donors (Lipinski definition) is 0. The average Bonchev–Trinajstić information content (AvgIpc) is 2.89. The molecule has 0 radical (unpaired) electrons. The molecule has 0 aliphatic carbocycles. The van der Waals surface area contributed by atoms with Crippen molar-refractivity contribution in [2.45, 2.75) is 0 Å². The molecular weight excluding hydrogens is 260 g/mol. The molecule has 0 aliphatic rings. The Kier molecular flexibility index (Phi) is 2.95. The van der Waals surface area contributed by atoms with Gasteiger partial charge in [-0.2, -0.15) is 0 Å². The minimum absolute atomic E-state index is 0.283. The van der Waals surface area contributed by atoms with Crippen molar-refractivity contribution in [2.75, 3.05) is 13.7 Å². The van der Waals surface area contributed by atoms with Crippen LogP contribution in [0.1, 0.15) is 0 Å². The fourth-order valence-electron chi connectivity index (χ4n) is 2.16. The lowest BCUT2D eigenvalue weighted by molar-refractivity contribution is 0.360. The van der Waals surface area contributed by atoms with Gasteiger partial charge >= 0.3 is 5.63 Å². The molecule has 0 unspecified atom stereocenters. The zero-order valence-electron chi connectivity index (χ0n) is 10.8. The van der Waals surface area contributed by atoms with Crippen LogP contribution in [0.3, 0.4) is 0 Å². The topological polar surface area (TPSA) is 61.8 Å². The number of fused-ring (bicyclic) bond motifs is 2. The number of furan rings is 1. The molecule has 2 aromatic heterocycles. The van der Waals surface area contributed by atoms with Gasteiger partial charge in [-0.05, 0) is 6.07 Å². The molecule has 0 bridgehead atoms. The van der Waals surface area contributed by atoms with E-state index in [9.17, 15) is 4.79 Å². The number of hydrogen-bond acceptors (Lipinski definition) is 5. The Hall–Kier alpha value is -2.69. The summed E-state index contributed by atoms with van der Waals surface area (Å²) in [4.78, 5) is 11.6. The van der Waals surface area contributed by atoms with E-state index in [2.05, 4.69) is 6.58 Å². The third-order valence-electron chi connectivity index (χ3n) is 2.94. The Balaban J connectivity index is 2.42. The Morgan fingerprint density at radius 1 is 1.35 bits per heavy atom. The van der Waals surface area contributed by atoms with E-state index in [-0.39, 0.29) is 6.61 Å². The van der Waals surface area contributed by atoms with Gasteiger partial charge in [0.1, 0.15) is 34.7 Å². The molecule has 0 fully saturated rings. The minimum Gasteiger partial charge on any atom is -0.495 e. The van der Waals surface area contributed by atoms with Crippen molar-refractivity contribution in [2.24, 2.45) is 0 Å². The van der Waals surface area contributed by atoms with E-state index >= 15 is 0 Å². The molecule has 2 heterocycles. The first kappa shape index (κ1) is 12.3. The molecule has 0 atom stereocenters. The van der Waals surface area contributed by atoms with E-state index < -0.39 is 5.63 Å². The molecule has 0 N–H and O–H groups in total. The largest absolute Gasteiger partial charge is 0.495 e. The van der Waals surface area contributed by atoms with Crippen LogP contribution in [-0.2, 0) is 0 Å². The van der Waals surface area contributed by atoms with Crippen LogP contribution in [-0.4, -0.2) is 13.7 Å². The maximum atomic E-state index is 11.6. The first-order valence-electron chi connectivity index (χ1n) is 6.00. The van der Waals surface area contributed by atoms with Crippen LogP contribution >= 0.6 is 0 Å². The molecule has 0 amide bonds. The third kappa shape index (κ3) is 1.84. The van der Waals surface area contributed by atoms with Gasteiger partial charge in [0.05, 0.1) is 24.8 Å². The standard InChI is InChI=1S/C15H12O5/c1-3-5-18-11-8-13(16)20-12-7-10-9(4-6-19-10)15(17-2)14(11)12/h3-4,6-8H,1,5H2,2H3. The van der Waals surface area contributed by atoms with Crippen molar-refractivity contribution in [1.82, 2.24) is 0 Å². The number of benzene rings is 1. The molecular formula is C15H12O5. The van der Waals surface area contributed by atoms with E-state index in [4.69, 9.17) is 18.3 Å². The van der Waals surface area contributed by atoms with Gasteiger partial charge in [0, 0.05) is 6.07 Å². The van der Waals surface area contributed by atoms with E-state index in [1.807, 2.05) is 0 Å². The van der Waals surface area contributed by atoms with Gasteiger partial charge in [-0.15, -0.1) is 0 Å². The van der Waals surface area contributed by atoms with Crippen LogP contribution in [0.15, 0.2) is 50.7 Å². The third-order valence-corrected chi connectivity index (χ3v) is 2.94. The maximum absolute atomic E-state index is 11.6. The average molecular weight is 272 g/mol. The molecule has 0 spiro atoms. The zero-order valence-corrected chi connectivity index (χ0v) is 10.8. The molecule has 3 aromatic rings. The van der Waals surface area contributed by atoms with Crippen LogP contribution in [0.25, 0.3) is 21.9 Å². The summed E-state index contributed by atoms with van der Waals surface area (Å²) in [7, 11) is 1.55. The van der Waals surface area contributed by atoms with Gasteiger partial charge in [0.2, 0.25) is 0 Å². The van der Waals surface area contributed by atoms with Crippen LogP contribution in [0, 0.1) is 0 Å². The van der Waals surface area contributed by atoms with Gasteiger partial charge in [0.25, 0.3) is 0 Å². The second-order valence-corrected chi connectivity index (χ2v) is 4.14. The van der Waals surface area contributed by atoms with Crippen molar-refractivity contribution in [3.63, 3.8) is 0 Å². The number of rotatable bonds is 4. The Morgan fingerprint density at radius 2 is 2.20 bits per heavy atom. The molecule has 102 valence electrons. The summed E-state index contributed by atoms with van der Waals surface area (Å²) in [6, 6.07) is 4.73. The highest BCUT2D eigenvalue weighted by molar-refractivity contribution is 6.03. The van der Waals surface area contributed by atoms with Crippen molar-refractivity contribution >= 4 is 21.9 Å².